The number of nitrogens with two attached hydrogens (primary N) is 1. The van der Waals surface area contributed by atoms with Crippen molar-refractivity contribution in [1.29, 1.82) is 0 Å². The lowest BCUT2D eigenvalue weighted by Crippen LogP contribution is -2.43. The van der Waals surface area contributed by atoms with E-state index in [-0.39, 0.29) is 5.82 Å². The van der Waals surface area contributed by atoms with Crippen molar-refractivity contribution < 1.29 is 9.50 Å². The van der Waals surface area contributed by atoms with Crippen LogP contribution in [0.3, 0.4) is 0 Å². The van der Waals surface area contributed by atoms with E-state index in [0.717, 1.165) is 22.7 Å². The number of nitrogens with zero attached hydrogens (tertiary/aromatic N) is 4. The van der Waals surface area contributed by atoms with E-state index in [0.29, 0.717) is 31.6 Å². The Kier molecular flexibility index (Phi) is 5.51. The lowest BCUT2D eigenvalue weighted by atomic mass is 9.84. The molecular weight excluding hydrogens is 345 g/mol. The summed E-state index contributed by atoms with van der Waals surface area (Å²) < 4.78 is 13.1. The van der Waals surface area contributed by atoms with E-state index < -0.39 is 5.60 Å². The summed E-state index contributed by atoms with van der Waals surface area (Å²) in [5, 5.41) is 11.0. The van der Waals surface area contributed by atoms with Gasteiger partial charge in [-0.05, 0) is 37.5 Å². The predicted octanol–water partition coefficient (Wildman–Crippen LogP) is 2.49. The molecule has 1 fully saturated rings. The van der Waals surface area contributed by atoms with Crippen LogP contribution in [0, 0.1) is 5.82 Å². The summed E-state index contributed by atoms with van der Waals surface area (Å²) in [5.74, 6) is 0.429. The van der Waals surface area contributed by atoms with Crippen molar-refractivity contribution in [1.82, 2.24) is 9.97 Å². The van der Waals surface area contributed by atoms with E-state index >= 15 is 0 Å². The first-order valence-electron chi connectivity index (χ1n) is 8.88. The van der Waals surface area contributed by atoms with Crippen molar-refractivity contribution in [3.05, 3.63) is 59.9 Å². The highest BCUT2D eigenvalue weighted by Crippen LogP contribution is 2.34. The fraction of sp³-hybridized carbons (Fsp3) is 0.350. The zero-order chi connectivity index (χ0) is 19.4. The normalized spacial score (nSPS) is 17.9. The first-order chi connectivity index (χ1) is 13.0. The minimum absolute atomic E-state index is 0.304. The van der Waals surface area contributed by atoms with Gasteiger partial charge in [-0.3, -0.25) is 9.98 Å². The third-order valence-corrected chi connectivity index (χ3v) is 5.09. The number of piperidine rings is 1. The number of anilines is 1. The Morgan fingerprint density at radius 3 is 2.52 bits per heavy atom. The molecule has 7 heteroatoms. The van der Waals surface area contributed by atoms with Crippen LogP contribution in [-0.2, 0) is 5.60 Å². The molecular formula is C20H24FN5O. The molecule has 1 aromatic heterocycles. The monoisotopic (exact) mass is 369 g/mol. The van der Waals surface area contributed by atoms with Gasteiger partial charge in [0.25, 0.3) is 0 Å². The third kappa shape index (κ3) is 3.98. The van der Waals surface area contributed by atoms with Crippen LogP contribution in [0.15, 0.2) is 47.9 Å². The van der Waals surface area contributed by atoms with Crippen LogP contribution < -0.4 is 10.6 Å². The van der Waals surface area contributed by atoms with Crippen molar-refractivity contribution in [2.24, 2.45) is 10.7 Å². The summed E-state index contributed by atoms with van der Waals surface area (Å²) in [6, 6.07) is 6.06. The second-order valence-electron chi connectivity index (χ2n) is 6.68. The number of hydrogen-bond acceptors (Lipinski definition) is 6. The maximum Gasteiger partial charge on any atom is 0.147 e. The van der Waals surface area contributed by atoms with Crippen LogP contribution in [0.2, 0.25) is 0 Å². The van der Waals surface area contributed by atoms with Gasteiger partial charge in [0.1, 0.15) is 11.6 Å². The fourth-order valence-electron chi connectivity index (χ4n) is 3.30. The highest BCUT2D eigenvalue weighted by Gasteiger charge is 2.34. The Bertz CT molecular complexity index is 855. The topological polar surface area (TPSA) is 87.6 Å². The van der Waals surface area contributed by atoms with Crippen molar-refractivity contribution in [3.8, 4) is 0 Å². The Labute approximate surface area is 158 Å². The molecule has 0 spiro atoms. The average Bonchev–Trinajstić information content (AvgIpc) is 2.69. The van der Waals surface area contributed by atoms with Gasteiger partial charge in [0.2, 0.25) is 0 Å². The molecule has 2 aromatic rings. The van der Waals surface area contributed by atoms with Crippen LogP contribution in [0.1, 0.15) is 31.0 Å². The molecule has 1 aromatic carbocycles. The van der Waals surface area contributed by atoms with E-state index in [2.05, 4.69) is 19.9 Å². The maximum absolute atomic E-state index is 13.1. The summed E-state index contributed by atoms with van der Waals surface area (Å²) in [6.07, 6.45) is 5.91. The molecule has 0 aliphatic carbocycles. The molecule has 0 atom stereocenters. The van der Waals surface area contributed by atoms with E-state index in [1.807, 2.05) is 6.92 Å². The number of allylic oxidation sites excluding steroid dienone is 1. The average molecular weight is 369 g/mol. The summed E-state index contributed by atoms with van der Waals surface area (Å²) >= 11 is 0. The van der Waals surface area contributed by atoms with Crippen LogP contribution in [-0.4, -0.2) is 40.9 Å². The summed E-state index contributed by atoms with van der Waals surface area (Å²) in [7, 11) is 1.71. The fourth-order valence-corrected chi connectivity index (χ4v) is 3.30. The van der Waals surface area contributed by atoms with Crippen molar-refractivity contribution in [3.63, 3.8) is 0 Å². The summed E-state index contributed by atoms with van der Waals surface area (Å²) in [6.45, 7) is 3.11. The number of rotatable bonds is 4. The number of hydrogen-bond donors (Lipinski definition) is 2. The van der Waals surface area contributed by atoms with Crippen LogP contribution in [0.25, 0.3) is 5.57 Å². The molecule has 1 aliphatic heterocycles. The zero-order valence-corrected chi connectivity index (χ0v) is 15.6. The standard InChI is InChI=1S/C20H24FN5O/c1-14(23-2)17(11-22)18-12-24-13-19(25-18)26-9-7-20(27,8-10-26)15-3-5-16(21)6-4-15/h3-6,11-13,27H,7-10,22H2,1-2H3/b17-11+,23-14?. The molecule has 1 aliphatic rings. The van der Waals surface area contributed by atoms with Crippen LogP contribution in [0.5, 0.6) is 0 Å². The van der Waals surface area contributed by atoms with Gasteiger partial charge in [-0.15, -0.1) is 0 Å². The van der Waals surface area contributed by atoms with Gasteiger partial charge in [0.15, 0.2) is 0 Å². The molecule has 0 unspecified atom stereocenters. The second kappa shape index (κ2) is 7.84. The number of aromatic nitrogens is 2. The first-order valence-corrected chi connectivity index (χ1v) is 8.88. The molecule has 1 saturated heterocycles. The molecule has 6 nitrogen and oxygen atoms in total. The lowest BCUT2D eigenvalue weighted by molar-refractivity contribution is 0.0116. The highest BCUT2D eigenvalue weighted by molar-refractivity contribution is 6.22. The molecule has 2 heterocycles. The Morgan fingerprint density at radius 2 is 1.93 bits per heavy atom. The first kappa shape index (κ1) is 19.0. The molecule has 3 N–H and O–H groups in total. The van der Waals surface area contributed by atoms with Gasteiger partial charge in [-0.2, -0.15) is 0 Å². The predicted molar refractivity (Wildman–Crippen MR) is 105 cm³/mol. The van der Waals surface area contributed by atoms with Gasteiger partial charge < -0.3 is 15.7 Å². The Balaban J connectivity index is 1.76. The number of aliphatic imine (C=N–C) groups is 1. The van der Waals surface area contributed by atoms with Crippen molar-refractivity contribution in [2.45, 2.75) is 25.4 Å². The summed E-state index contributed by atoms with van der Waals surface area (Å²) in [4.78, 5) is 15.2. The third-order valence-electron chi connectivity index (χ3n) is 5.09. The highest BCUT2D eigenvalue weighted by atomic mass is 19.1. The second-order valence-corrected chi connectivity index (χ2v) is 6.68. The molecule has 0 bridgehead atoms. The number of aliphatic hydroxyl groups is 1. The van der Waals surface area contributed by atoms with E-state index in [1.165, 1.54) is 18.3 Å². The molecule has 27 heavy (non-hydrogen) atoms. The van der Waals surface area contributed by atoms with Gasteiger partial charge >= 0.3 is 0 Å². The largest absolute Gasteiger partial charge is 0.404 e. The molecule has 142 valence electrons. The van der Waals surface area contributed by atoms with E-state index in [4.69, 9.17) is 5.73 Å². The smallest absolute Gasteiger partial charge is 0.147 e. The lowest BCUT2D eigenvalue weighted by Gasteiger charge is -2.39. The van der Waals surface area contributed by atoms with Gasteiger partial charge in [-0.1, -0.05) is 12.1 Å². The van der Waals surface area contributed by atoms with Crippen molar-refractivity contribution in [2.75, 3.05) is 25.0 Å². The molecule has 0 saturated carbocycles. The zero-order valence-electron chi connectivity index (χ0n) is 15.6. The van der Waals surface area contributed by atoms with E-state index in [9.17, 15) is 9.50 Å². The minimum Gasteiger partial charge on any atom is -0.404 e. The molecule has 0 amide bonds. The van der Waals surface area contributed by atoms with E-state index in [1.54, 1.807) is 31.6 Å². The van der Waals surface area contributed by atoms with Gasteiger partial charge in [0, 0.05) is 37.6 Å². The maximum atomic E-state index is 13.1. The molecule has 0 radical (unpaired) electrons. The Hall–Kier alpha value is -2.80. The molecule has 3 rings (SSSR count). The van der Waals surface area contributed by atoms with Crippen LogP contribution in [0.4, 0.5) is 10.2 Å². The number of benzene rings is 1. The van der Waals surface area contributed by atoms with Gasteiger partial charge in [0.05, 0.1) is 23.7 Å². The van der Waals surface area contributed by atoms with Gasteiger partial charge in [-0.25, -0.2) is 9.37 Å². The SMILES string of the molecule is CN=C(C)/C(=C\N)c1cncc(N2CCC(O)(c3ccc(F)cc3)CC2)n1. The number of halogens is 1. The van der Waals surface area contributed by atoms with Crippen LogP contribution >= 0.6 is 0 Å². The van der Waals surface area contributed by atoms with Crippen molar-refractivity contribution >= 4 is 17.1 Å². The minimum atomic E-state index is -0.955. The summed E-state index contributed by atoms with van der Waals surface area (Å²) in [5.41, 5.74) is 7.72. The Morgan fingerprint density at radius 1 is 1.26 bits per heavy atom. The quantitative estimate of drug-likeness (QED) is 0.809.